The van der Waals surface area contributed by atoms with E-state index in [2.05, 4.69) is 5.32 Å². The highest BCUT2D eigenvalue weighted by Gasteiger charge is 2.54. The maximum Gasteiger partial charge on any atom is 0.256 e. The van der Waals surface area contributed by atoms with Crippen LogP contribution in [-0.2, 0) is 9.53 Å². The summed E-state index contributed by atoms with van der Waals surface area (Å²) in [4.78, 5) is 44.3. The lowest BCUT2D eigenvalue weighted by atomic mass is 9.95. The minimum Gasteiger partial charge on any atom is -0.353 e. The summed E-state index contributed by atoms with van der Waals surface area (Å²) in [7, 11) is 0. The molecule has 7 nitrogen and oxygen atoms in total. The third kappa shape index (κ3) is 5.32. The van der Waals surface area contributed by atoms with Crippen molar-refractivity contribution in [2.75, 3.05) is 19.7 Å². The van der Waals surface area contributed by atoms with Gasteiger partial charge < -0.3 is 15.0 Å². The van der Waals surface area contributed by atoms with Gasteiger partial charge in [0.2, 0.25) is 5.91 Å². The fourth-order valence-electron chi connectivity index (χ4n) is 5.58. The minimum absolute atomic E-state index is 0.0247. The fraction of sp³-hybridized carbons (Fsp3) is 0.344. The number of amides is 3. The first-order valence-electron chi connectivity index (χ1n) is 13.5. The number of nitrogens with one attached hydrogen (secondary N) is 1. The van der Waals surface area contributed by atoms with Gasteiger partial charge in [-0.25, -0.2) is 0 Å². The summed E-state index contributed by atoms with van der Waals surface area (Å²) in [5, 5.41) is 3.08. The summed E-state index contributed by atoms with van der Waals surface area (Å²) in [6.45, 7) is 6.80. The van der Waals surface area contributed by atoms with Crippen molar-refractivity contribution in [3.63, 3.8) is 0 Å². The number of likely N-dealkylation sites (tertiary alicyclic amines) is 1. The smallest absolute Gasteiger partial charge is 0.256 e. The number of ether oxygens (including phenoxy) is 1. The first kappa shape index (κ1) is 26.6. The van der Waals surface area contributed by atoms with Crippen LogP contribution in [0.15, 0.2) is 78.9 Å². The lowest BCUT2D eigenvalue weighted by Crippen LogP contribution is -2.60. The lowest BCUT2D eigenvalue weighted by molar-refractivity contribution is -0.128. The Balaban J connectivity index is 1.38. The number of carbonyl (C=O) groups excluding carboxylic acids is 3. The van der Waals surface area contributed by atoms with Gasteiger partial charge in [0.05, 0.1) is 12.6 Å². The van der Waals surface area contributed by atoms with E-state index >= 15 is 0 Å². The van der Waals surface area contributed by atoms with E-state index in [4.69, 9.17) is 4.74 Å². The Morgan fingerprint density at radius 1 is 0.872 bits per heavy atom. The van der Waals surface area contributed by atoms with E-state index in [1.54, 1.807) is 17.0 Å². The molecule has 2 aliphatic rings. The molecule has 5 rings (SSSR count). The van der Waals surface area contributed by atoms with Crippen LogP contribution < -0.4 is 5.32 Å². The average Bonchev–Trinajstić information content (AvgIpc) is 3.32. The molecule has 2 fully saturated rings. The van der Waals surface area contributed by atoms with E-state index in [0.29, 0.717) is 37.1 Å². The molecule has 1 N–H and O–H groups in total. The molecule has 2 saturated heterocycles. The summed E-state index contributed by atoms with van der Waals surface area (Å²) in [6.07, 6.45) is 0.862. The van der Waals surface area contributed by atoms with Crippen LogP contribution in [0.2, 0.25) is 0 Å². The van der Waals surface area contributed by atoms with Gasteiger partial charge in [-0.3, -0.25) is 19.3 Å². The van der Waals surface area contributed by atoms with Crippen LogP contribution in [0.5, 0.6) is 0 Å². The molecule has 39 heavy (non-hydrogen) atoms. The van der Waals surface area contributed by atoms with Crippen molar-refractivity contribution in [2.45, 2.75) is 51.4 Å². The standard InChI is InChI=1S/C32H35N3O4/c1-22-13-15-26(16-14-22)30(37)35-28(29(36)33-24(3)25-10-5-4-6-11-25)21-39-32(35)17-19-34(20-18-32)31(38)27-12-8-7-9-23(27)2/h4-16,24,28H,17-21H2,1-3H3,(H,33,36)/t24-,28-/m0/s1. The molecule has 0 saturated carbocycles. The quantitative estimate of drug-likeness (QED) is 0.526. The monoisotopic (exact) mass is 525 g/mol. The van der Waals surface area contributed by atoms with Crippen molar-refractivity contribution in [1.82, 2.24) is 15.1 Å². The third-order valence-corrected chi connectivity index (χ3v) is 7.95. The van der Waals surface area contributed by atoms with Gasteiger partial charge in [0.25, 0.3) is 11.8 Å². The van der Waals surface area contributed by atoms with Gasteiger partial charge in [-0.1, -0.05) is 66.2 Å². The number of aryl methyl sites for hydroxylation is 2. The van der Waals surface area contributed by atoms with Crippen molar-refractivity contribution in [3.05, 3.63) is 107 Å². The average molecular weight is 526 g/mol. The van der Waals surface area contributed by atoms with Gasteiger partial charge in [-0.2, -0.15) is 0 Å². The predicted molar refractivity (Wildman–Crippen MR) is 149 cm³/mol. The highest BCUT2D eigenvalue weighted by atomic mass is 16.5. The number of hydrogen-bond acceptors (Lipinski definition) is 4. The predicted octanol–water partition coefficient (Wildman–Crippen LogP) is 4.65. The van der Waals surface area contributed by atoms with Crippen molar-refractivity contribution < 1.29 is 19.1 Å². The van der Waals surface area contributed by atoms with Crippen molar-refractivity contribution in [2.24, 2.45) is 0 Å². The molecule has 202 valence electrons. The molecule has 0 aliphatic carbocycles. The normalized spacial score (nSPS) is 19.1. The highest BCUT2D eigenvalue weighted by molar-refractivity contribution is 5.99. The number of piperidine rings is 1. The van der Waals surface area contributed by atoms with Gasteiger partial charge in [0.1, 0.15) is 11.8 Å². The molecule has 1 spiro atoms. The molecule has 3 aromatic rings. The fourth-order valence-corrected chi connectivity index (χ4v) is 5.58. The molecule has 2 heterocycles. The molecular weight excluding hydrogens is 490 g/mol. The Hall–Kier alpha value is -3.97. The summed E-state index contributed by atoms with van der Waals surface area (Å²) in [5.74, 6) is -0.510. The van der Waals surface area contributed by atoms with Crippen LogP contribution in [0.3, 0.4) is 0 Å². The van der Waals surface area contributed by atoms with Gasteiger partial charge in [-0.05, 0) is 50.1 Å². The Kier molecular flexibility index (Phi) is 7.53. The van der Waals surface area contributed by atoms with Crippen LogP contribution in [0, 0.1) is 13.8 Å². The zero-order chi connectivity index (χ0) is 27.6. The molecule has 0 bridgehead atoms. The molecule has 7 heteroatoms. The summed E-state index contributed by atoms with van der Waals surface area (Å²) in [5.41, 5.74) is 3.20. The molecular formula is C32H35N3O4. The van der Waals surface area contributed by atoms with Crippen LogP contribution in [-0.4, -0.2) is 59.0 Å². The molecule has 3 aromatic carbocycles. The third-order valence-electron chi connectivity index (χ3n) is 7.95. The number of nitrogens with zero attached hydrogens (tertiary/aromatic N) is 2. The zero-order valence-corrected chi connectivity index (χ0v) is 22.7. The first-order chi connectivity index (χ1) is 18.8. The van der Waals surface area contributed by atoms with E-state index in [9.17, 15) is 14.4 Å². The summed E-state index contributed by atoms with van der Waals surface area (Å²) < 4.78 is 6.35. The number of rotatable bonds is 5. The topological polar surface area (TPSA) is 79.0 Å². The molecule has 0 aromatic heterocycles. The van der Waals surface area contributed by atoms with Crippen molar-refractivity contribution >= 4 is 17.7 Å². The summed E-state index contributed by atoms with van der Waals surface area (Å²) >= 11 is 0. The molecule has 2 atom stereocenters. The number of carbonyl (C=O) groups is 3. The van der Waals surface area contributed by atoms with E-state index in [1.165, 1.54) is 0 Å². The maximum atomic E-state index is 14.0. The Labute approximate surface area is 229 Å². The van der Waals surface area contributed by atoms with Gasteiger partial charge in [0.15, 0.2) is 0 Å². The zero-order valence-electron chi connectivity index (χ0n) is 22.7. The van der Waals surface area contributed by atoms with Crippen molar-refractivity contribution in [3.8, 4) is 0 Å². The largest absolute Gasteiger partial charge is 0.353 e. The summed E-state index contributed by atoms with van der Waals surface area (Å²) in [6, 6.07) is 23.7. The van der Waals surface area contributed by atoms with Crippen LogP contribution in [0.1, 0.15) is 63.2 Å². The van der Waals surface area contributed by atoms with Crippen LogP contribution >= 0.6 is 0 Å². The Morgan fingerprint density at radius 2 is 1.51 bits per heavy atom. The van der Waals surface area contributed by atoms with Crippen LogP contribution in [0.4, 0.5) is 0 Å². The number of hydrogen-bond donors (Lipinski definition) is 1. The SMILES string of the molecule is Cc1ccc(C(=O)N2[C@H](C(=O)N[C@@H](C)c3ccccc3)COC23CCN(C(=O)c2ccccc2C)CC3)cc1. The Bertz CT molecular complexity index is 1350. The first-order valence-corrected chi connectivity index (χ1v) is 13.5. The van der Waals surface area contributed by atoms with E-state index in [0.717, 1.165) is 16.7 Å². The minimum atomic E-state index is -0.956. The van der Waals surface area contributed by atoms with Gasteiger partial charge in [0, 0.05) is 37.1 Å². The van der Waals surface area contributed by atoms with E-state index in [-0.39, 0.29) is 30.4 Å². The second kappa shape index (κ2) is 11.0. The highest BCUT2D eigenvalue weighted by Crippen LogP contribution is 2.39. The van der Waals surface area contributed by atoms with E-state index < -0.39 is 11.8 Å². The second-order valence-electron chi connectivity index (χ2n) is 10.6. The molecule has 0 unspecified atom stereocenters. The van der Waals surface area contributed by atoms with Gasteiger partial charge >= 0.3 is 0 Å². The lowest BCUT2D eigenvalue weighted by Gasteiger charge is -2.44. The van der Waals surface area contributed by atoms with Crippen LogP contribution in [0.25, 0.3) is 0 Å². The number of benzene rings is 3. The van der Waals surface area contributed by atoms with Crippen molar-refractivity contribution in [1.29, 1.82) is 0 Å². The maximum absolute atomic E-state index is 14.0. The second-order valence-corrected chi connectivity index (χ2v) is 10.6. The molecule has 3 amide bonds. The molecule has 2 aliphatic heterocycles. The van der Waals surface area contributed by atoms with Gasteiger partial charge in [-0.15, -0.1) is 0 Å². The Morgan fingerprint density at radius 3 is 2.18 bits per heavy atom. The molecule has 0 radical (unpaired) electrons. The van der Waals surface area contributed by atoms with E-state index in [1.807, 2.05) is 92.4 Å².